The summed E-state index contributed by atoms with van der Waals surface area (Å²) in [5, 5.41) is 0.776. The Morgan fingerprint density at radius 2 is 1.76 bits per heavy atom. The first-order valence-corrected chi connectivity index (χ1v) is 9.58. The molecular formula is C20H18Cl3FN4O. The predicted octanol–water partition coefficient (Wildman–Crippen LogP) is 4.70. The second-order valence-corrected chi connectivity index (χ2v) is 7.30. The number of rotatable bonds is 3. The number of piperazine rings is 1. The normalized spacial score (nSPS) is 13.9. The summed E-state index contributed by atoms with van der Waals surface area (Å²) in [5.74, 6) is -0.212. The smallest absolute Gasteiger partial charge is 0.258 e. The molecule has 0 bridgehead atoms. The summed E-state index contributed by atoms with van der Waals surface area (Å²) in [4.78, 5) is 20.9. The lowest BCUT2D eigenvalue weighted by Crippen LogP contribution is -2.49. The Balaban J connectivity index is 0.00000240. The van der Waals surface area contributed by atoms with E-state index < -0.39 is 5.82 Å². The van der Waals surface area contributed by atoms with E-state index in [0.29, 0.717) is 31.2 Å². The Morgan fingerprint density at radius 1 is 1.03 bits per heavy atom. The van der Waals surface area contributed by atoms with Gasteiger partial charge in [0.1, 0.15) is 5.82 Å². The number of hydrogen-bond acceptors (Lipinski definition) is 3. The number of aromatic nitrogens is 2. The number of carbonyl (C=O) groups excluding carboxylic acids is 1. The number of hydrogen-bond donors (Lipinski definition) is 0. The standard InChI is InChI=1S/C20H17Cl2FN4O.ClH/c21-14-3-1-4-15(13-14)27-8-7-24-20(27)26-11-9-25(10-12-26)19(28)18-16(22)5-2-6-17(18)23;/h1-8,13H,9-12H2;1H. The molecule has 1 aliphatic heterocycles. The Morgan fingerprint density at radius 3 is 2.45 bits per heavy atom. The fourth-order valence-electron chi connectivity index (χ4n) is 3.33. The molecule has 0 N–H and O–H groups in total. The Bertz CT molecular complexity index is 998. The minimum absolute atomic E-state index is 0. The topological polar surface area (TPSA) is 41.4 Å². The molecule has 1 saturated heterocycles. The van der Waals surface area contributed by atoms with Crippen molar-refractivity contribution in [2.75, 3.05) is 31.1 Å². The fraction of sp³-hybridized carbons (Fsp3) is 0.200. The van der Waals surface area contributed by atoms with Gasteiger partial charge in [-0.25, -0.2) is 9.37 Å². The molecule has 0 aliphatic carbocycles. The van der Waals surface area contributed by atoms with E-state index in [1.165, 1.54) is 18.2 Å². The zero-order valence-corrected chi connectivity index (χ0v) is 17.6. The molecule has 0 spiro atoms. The van der Waals surface area contributed by atoms with Crippen molar-refractivity contribution in [1.82, 2.24) is 14.5 Å². The summed E-state index contributed by atoms with van der Waals surface area (Å²) in [6.45, 7) is 2.06. The van der Waals surface area contributed by atoms with Crippen LogP contribution < -0.4 is 4.90 Å². The van der Waals surface area contributed by atoms with E-state index in [2.05, 4.69) is 9.88 Å². The number of halogens is 4. The van der Waals surface area contributed by atoms with Gasteiger partial charge in [0.05, 0.1) is 10.6 Å². The molecule has 1 aromatic heterocycles. The molecule has 1 amide bonds. The molecule has 1 aliphatic rings. The van der Waals surface area contributed by atoms with Gasteiger partial charge in [-0.15, -0.1) is 12.4 Å². The van der Waals surface area contributed by atoms with Crippen LogP contribution in [0.4, 0.5) is 10.3 Å². The van der Waals surface area contributed by atoms with Gasteiger partial charge >= 0.3 is 0 Å². The van der Waals surface area contributed by atoms with Crippen molar-refractivity contribution in [3.63, 3.8) is 0 Å². The molecule has 2 aromatic carbocycles. The van der Waals surface area contributed by atoms with Crippen LogP contribution in [0.3, 0.4) is 0 Å². The maximum atomic E-state index is 14.1. The second kappa shape index (κ2) is 9.03. The van der Waals surface area contributed by atoms with Gasteiger partial charge in [0.25, 0.3) is 5.91 Å². The Hall–Kier alpha value is -2.28. The first kappa shape index (κ1) is 21.4. The summed E-state index contributed by atoms with van der Waals surface area (Å²) in [5.41, 5.74) is 0.842. The molecule has 152 valence electrons. The first-order valence-electron chi connectivity index (χ1n) is 8.82. The predicted molar refractivity (Wildman–Crippen MR) is 115 cm³/mol. The molecule has 29 heavy (non-hydrogen) atoms. The van der Waals surface area contributed by atoms with Crippen molar-refractivity contribution in [1.29, 1.82) is 0 Å². The summed E-state index contributed by atoms with van der Waals surface area (Å²) in [6.07, 6.45) is 3.60. The van der Waals surface area contributed by atoms with Crippen LogP contribution in [0.15, 0.2) is 54.9 Å². The lowest BCUT2D eigenvalue weighted by atomic mass is 10.1. The zero-order chi connectivity index (χ0) is 19.7. The molecule has 9 heteroatoms. The number of imidazole rings is 1. The minimum Gasteiger partial charge on any atom is -0.338 e. The van der Waals surface area contributed by atoms with Crippen molar-refractivity contribution in [3.8, 4) is 5.69 Å². The molecule has 4 rings (SSSR count). The quantitative estimate of drug-likeness (QED) is 0.575. The summed E-state index contributed by atoms with van der Waals surface area (Å²) in [6, 6.07) is 11.8. The maximum absolute atomic E-state index is 14.1. The van der Waals surface area contributed by atoms with Crippen molar-refractivity contribution < 1.29 is 9.18 Å². The Labute approximate surface area is 184 Å². The van der Waals surface area contributed by atoms with Crippen LogP contribution in [0.5, 0.6) is 0 Å². The maximum Gasteiger partial charge on any atom is 0.258 e. The van der Waals surface area contributed by atoms with Gasteiger partial charge in [-0.1, -0.05) is 35.3 Å². The fourth-order valence-corrected chi connectivity index (χ4v) is 3.76. The lowest BCUT2D eigenvalue weighted by Gasteiger charge is -2.35. The van der Waals surface area contributed by atoms with Gasteiger partial charge in [0.15, 0.2) is 0 Å². The number of nitrogens with zero attached hydrogens (tertiary/aromatic N) is 4. The average molecular weight is 456 g/mol. The highest BCUT2D eigenvalue weighted by Crippen LogP contribution is 2.24. The largest absolute Gasteiger partial charge is 0.338 e. The highest BCUT2D eigenvalue weighted by molar-refractivity contribution is 6.33. The van der Waals surface area contributed by atoms with E-state index in [-0.39, 0.29) is 28.9 Å². The number of amides is 1. The number of anilines is 1. The third-order valence-corrected chi connectivity index (χ3v) is 5.28. The third kappa shape index (κ3) is 4.34. The molecule has 0 radical (unpaired) electrons. The van der Waals surface area contributed by atoms with Crippen LogP contribution in [0, 0.1) is 5.82 Å². The van der Waals surface area contributed by atoms with E-state index >= 15 is 0 Å². The van der Waals surface area contributed by atoms with Gasteiger partial charge < -0.3 is 9.80 Å². The van der Waals surface area contributed by atoms with Gasteiger partial charge in [-0.3, -0.25) is 9.36 Å². The van der Waals surface area contributed by atoms with E-state index in [9.17, 15) is 9.18 Å². The van der Waals surface area contributed by atoms with E-state index in [1.807, 2.05) is 35.0 Å². The van der Waals surface area contributed by atoms with E-state index in [0.717, 1.165) is 11.6 Å². The van der Waals surface area contributed by atoms with Crippen LogP contribution in [0.25, 0.3) is 5.69 Å². The monoisotopic (exact) mass is 454 g/mol. The first-order chi connectivity index (χ1) is 13.5. The van der Waals surface area contributed by atoms with Gasteiger partial charge in [0, 0.05) is 49.3 Å². The van der Waals surface area contributed by atoms with Crippen LogP contribution in [0.1, 0.15) is 10.4 Å². The molecule has 1 fully saturated rings. The van der Waals surface area contributed by atoms with Crippen LogP contribution in [-0.4, -0.2) is 46.5 Å². The molecule has 0 atom stereocenters. The van der Waals surface area contributed by atoms with Gasteiger partial charge in [-0.05, 0) is 30.3 Å². The average Bonchev–Trinajstić information content (AvgIpc) is 3.18. The van der Waals surface area contributed by atoms with E-state index in [1.54, 1.807) is 11.1 Å². The zero-order valence-electron chi connectivity index (χ0n) is 15.3. The van der Waals surface area contributed by atoms with Crippen LogP contribution >= 0.6 is 35.6 Å². The Kier molecular flexibility index (Phi) is 6.67. The number of benzene rings is 2. The van der Waals surface area contributed by atoms with E-state index in [4.69, 9.17) is 23.2 Å². The highest BCUT2D eigenvalue weighted by atomic mass is 35.5. The van der Waals surface area contributed by atoms with Crippen molar-refractivity contribution in [2.24, 2.45) is 0 Å². The van der Waals surface area contributed by atoms with Crippen LogP contribution in [-0.2, 0) is 0 Å². The summed E-state index contributed by atoms with van der Waals surface area (Å²) in [7, 11) is 0. The molecule has 0 saturated carbocycles. The highest BCUT2D eigenvalue weighted by Gasteiger charge is 2.27. The third-order valence-electron chi connectivity index (χ3n) is 4.73. The van der Waals surface area contributed by atoms with Crippen molar-refractivity contribution >= 4 is 47.5 Å². The summed E-state index contributed by atoms with van der Waals surface area (Å²) >= 11 is 12.1. The van der Waals surface area contributed by atoms with Gasteiger partial charge in [-0.2, -0.15) is 0 Å². The van der Waals surface area contributed by atoms with Gasteiger partial charge in [0.2, 0.25) is 5.95 Å². The molecule has 5 nitrogen and oxygen atoms in total. The number of carbonyl (C=O) groups is 1. The van der Waals surface area contributed by atoms with Crippen LogP contribution in [0.2, 0.25) is 10.0 Å². The minimum atomic E-state index is -0.601. The molecule has 2 heterocycles. The second-order valence-electron chi connectivity index (χ2n) is 6.45. The lowest BCUT2D eigenvalue weighted by molar-refractivity contribution is 0.0741. The van der Waals surface area contributed by atoms with Crippen molar-refractivity contribution in [2.45, 2.75) is 0 Å². The molecule has 3 aromatic rings. The SMILES string of the molecule is Cl.O=C(c1c(F)cccc1Cl)N1CCN(c2nccn2-c2cccc(Cl)c2)CC1. The molecular weight excluding hydrogens is 438 g/mol. The summed E-state index contributed by atoms with van der Waals surface area (Å²) < 4.78 is 16.0. The molecule has 0 unspecified atom stereocenters. The van der Waals surface area contributed by atoms with Crippen molar-refractivity contribution in [3.05, 3.63) is 76.3 Å².